The molecule has 3 rings (SSSR count). The summed E-state index contributed by atoms with van der Waals surface area (Å²) in [7, 11) is 0. The molecule has 2 heterocycles. The van der Waals surface area contributed by atoms with Crippen molar-refractivity contribution in [1.29, 1.82) is 0 Å². The van der Waals surface area contributed by atoms with Gasteiger partial charge in [-0.25, -0.2) is 4.98 Å². The molecule has 0 saturated carbocycles. The van der Waals surface area contributed by atoms with Crippen LogP contribution in [0.1, 0.15) is 16.2 Å². The van der Waals surface area contributed by atoms with Crippen molar-refractivity contribution in [2.75, 3.05) is 5.88 Å². The second kappa shape index (κ2) is 5.31. The van der Waals surface area contributed by atoms with Crippen molar-refractivity contribution in [1.82, 2.24) is 9.97 Å². The molecule has 0 bridgehead atoms. The van der Waals surface area contributed by atoms with E-state index in [2.05, 4.69) is 9.97 Å². The number of thiazole rings is 1. The molecule has 0 aliphatic carbocycles. The zero-order valence-corrected chi connectivity index (χ0v) is 12.3. The third kappa shape index (κ3) is 2.32. The van der Waals surface area contributed by atoms with Gasteiger partial charge >= 0.3 is 0 Å². The Morgan fingerprint density at radius 2 is 2.10 bits per heavy atom. The SMILES string of the molecule is Cc1cc(-c2nc(C(=O)CCl)cs2)c2ccccc2n1. The van der Waals surface area contributed by atoms with Gasteiger partial charge in [0, 0.05) is 22.0 Å². The topological polar surface area (TPSA) is 42.9 Å². The van der Waals surface area contributed by atoms with Crippen molar-refractivity contribution in [3.63, 3.8) is 0 Å². The van der Waals surface area contributed by atoms with Crippen LogP contribution in [0.15, 0.2) is 35.7 Å². The van der Waals surface area contributed by atoms with Gasteiger partial charge in [-0.05, 0) is 19.1 Å². The van der Waals surface area contributed by atoms with Crippen LogP contribution in [0.25, 0.3) is 21.5 Å². The van der Waals surface area contributed by atoms with Crippen molar-refractivity contribution in [3.8, 4) is 10.6 Å². The Hall–Kier alpha value is -1.78. The number of halogens is 1. The van der Waals surface area contributed by atoms with Crippen molar-refractivity contribution in [3.05, 3.63) is 47.1 Å². The minimum absolute atomic E-state index is 0.0424. The zero-order valence-electron chi connectivity index (χ0n) is 10.8. The number of nitrogens with zero attached hydrogens (tertiary/aromatic N) is 2. The van der Waals surface area contributed by atoms with Gasteiger partial charge in [0.05, 0.1) is 11.4 Å². The van der Waals surface area contributed by atoms with E-state index >= 15 is 0 Å². The first kappa shape index (κ1) is 13.2. The van der Waals surface area contributed by atoms with Crippen LogP contribution in [-0.4, -0.2) is 21.6 Å². The number of hydrogen-bond acceptors (Lipinski definition) is 4. The minimum atomic E-state index is -0.149. The third-order valence-corrected chi connectivity index (χ3v) is 4.10. The first-order valence-electron chi connectivity index (χ1n) is 6.10. The molecule has 0 atom stereocenters. The van der Waals surface area contributed by atoms with E-state index in [1.54, 1.807) is 5.38 Å². The lowest BCUT2D eigenvalue weighted by Crippen LogP contribution is -2.00. The lowest BCUT2D eigenvalue weighted by Gasteiger charge is -2.04. The quantitative estimate of drug-likeness (QED) is 0.540. The average molecular weight is 303 g/mol. The zero-order chi connectivity index (χ0) is 14.1. The largest absolute Gasteiger partial charge is 0.291 e. The molecule has 100 valence electrons. The van der Waals surface area contributed by atoms with E-state index in [9.17, 15) is 4.79 Å². The highest BCUT2D eigenvalue weighted by atomic mass is 35.5. The fourth-order valence-corrected chi connectivity index (χ4v) is 3.07. The van der Waals surface area contributed by atoms with Crippen molar-refractivity contribution < 1.29 is 4.79 Å². The van der Waals surface area contributed by atoms with Crippen LogP contribution < -0.4 is 0 Å². The summed E-state index contributed by atoms with van der Waals surface area (Å²) >= 11 is 7.02. The number of Topliss-reactive ketones (excluding diaryl/α,β-unsaturated/α-hetero) is 1. The Labute approximate surface area is 125 Å². The first-order valence-corrected chi connectivity index (χ1v) is 7.52. The maximum atomic E-state index is 11.6. The van der Waals surface area contributed by atoms with E-state index in [0.717, 1.165) is 27.2 Å². The smallest absolute Gasteiger partial charge is 0.196 e. The molecule has 1 aromatic carbocycles. The standard InChI is InChI=1S/C15H11ClN2OS/c1-9-6-11(10-4-2-3-5-12(10)17-9)15-18-13(8-20-15)14(19)7-16/h2-6,8H,7H2,1H3. The summed E-state index contributed by atoms with van der Waals surface area (Å²) < 4.78 is 0. The summed E-state index contributed by atoms with van der Waals surface area (Å²) in [5.41, 5.74) is 3.30. The summed E-state index contributed by atoms with van der Waals surface area (Å²) in [5, 5.41) is 3.61. The van der Waals surface area contributed by atoms with Crippen LogP contribution in [0.4, 0.5) is 0 Å². The fourth-order valence-electron chi connectivity index (χ4n) is 2.08. The van der Waals surface area contributed by atoms with Crippen LogP contribution in [0.2, 0.25) is 0 Å². The summed E-state index contributed by atoms with van der Waals surface area (Å²) in [6.07, 6.45) is 0. The Balaban J connectivity index is 2.19. The number of pyridine rings is 1. The molecular weight excluding hydrogens is 292 g/mol. The molecule has 0 unspecified atom stereocenters. The number of aryl methyl sites for hydroxylation is 1. The molecule has 0 saturated heterocycles. The number of ketones is 1. The molecular formula is C15H11ClN2OS. The number of carbonyl (C=O) groups is 1. The lowest BCUT2D eigenvalue weighted by atomic mass is 10.1. The number of para-hydroxylation sites is 1. The predicted molar refractivity (Wildman–Crippen MR) is 82.6 cm³/mol. The first-order chi connectivity index (χ1) is 9.69. The normalized spacial score (nSPS) is 10.9. The van der Waals surface area contributed by atoms with Gasteiger partial charge < -0.3 is 0 Å². The summed E-state index contributed by atoms with van der Waals surface area (Å²) in [6, 6.07) is 9.92. The molecule has 3 aromatic rings. The Morgan fingerprint density at radius 3 is 2.90 bits per heavy atom. The van der Waals surface area contributed by atoms with E-state index in [1.165, 1.54) is 11.3 Å². The van der Waals surface area contributed by atoms with Crippen molar-refractivity contribution in [2.24, 2.45) is 0 Å². The van der Waals surface area contributed by atoms with Crippen LogP contribution >= 0.6 is 22.9 Å². The van der Waals surface area contributed by atoms with Crippen LogP contribution in [0.5, 0.6) is 0 Å². The Bertz CT molecular complexity index is 797. The molecule has 0 N–H and O–H groups in total. The van der Waals surface area contributed by atoms with Crippen LogP contribution in [0, 0.1) is 6.92 Å². The number of carbonyl (C=O) groups excluding carboxylic acids is 1. The number of benzene rings is 1. The fraction of sp³-hybridized carbons (Fsp3) is 0.133. The average Bonchev–Trinajstić information content (AvgIpc) is 2.95. The molecule has 0 aliphatic rings. The van der Waals surface area contributed by atoms with Crippen molar-refractivity contribution in [2.45, 2.75) is 6.92 Å². The number of fused-ring (bicyclic) bond motifs is 1. The van der Waals surface area contributed by atoms with Gasteiger partial charge in [-0.1, -0.05) is 18.2 Å². The maximum absolute atomic E-state index is 11.6. The van der Waals surface area contributed by atoms with Gasteiger partial charge in [-0.2, -0.15) is 0 Å². The highest BCUT2D eigenvalue weighted by Gasteiger charge is 2.13. The highest BCUT2D eigenvalue weighted by molar-refractivity contribution is 7.13. The van der Waals surface area contributed by atoms with Crippen LogP contribution in [-0.2, 0) is 0 Å². The number of aromatic nitrogens is 2. The van der Waals surface area contributed by atoms with Gasteiger partial charge in [-0.3, -0.25) is 9.78 Å². The maximum Gasteiger partial charge on any atom is 0.196 e. The van der Waals surface area contributed by atoms with Gasteiger partial charge in [0.15, 0.2) is 5.78 Å². The van der Waals surface area contributed by atoms with E-state index in [-0.39, 0.29) is 11.7 Å². The van der Waals surface area contributed by atoms with E-state index < -0.39 is 0 Å². The molecule has 20 heavy (non-hydrogen) atoms. The lowest BCUT2D eigenvalue weighted by molar-refractivity contribution is 0.101. The van der Waals surface area contributed by atoms with Gasteiger partial charge in [-0.15, -0.1) is 22.9 Å². The predicted octanol–water partition coefficient (Wildman–Crippen LogP) is 4.09. The molecule has 2 aromatic heterocycles. The second-order valence-corrected chi connectivity index (χ2v) is 5.55. The molecule has 0 aliphatic heterocycles. The van der Waals surface area contributed by atoms with E-state index in [1.807, 2.05) is 37.3 Å². The van der Waals surface area contributed by atoms with Crippen LogP contribution in [0.3, 0.4) is 0 Å². The van der Waals surface area contributed by atoms with Gasteiger partial charge in [0.25, 0.3) is 0 Å². The molecule has 0 amide bonds. The van der Waals surface area contributed by atoms with E-state index in [0.29, 0.717) is 5.69 Å². The van der Waals surface area contributed by atoms with Crippen molar-refractivity contribution >= 4 is 39.6 Å². The summed E-state index contributed by atoms with van der Waals surface area (Å²) in [6.45, 7) is 1.95. The molecule has 3 nitrogen and oxygen atoms in total. The van der Waals surface area contributed by atoms with Gasteiger partial charge in [0.2, 0.25) is 0 Å². The molecule has 0 radical (unpaired) electrons. The Kier molecular flexibility index (Phi) is 3.51. The second-order valence-electron chi connectivity index (χ2n) is 4.42. The number of hydrogen-bond donors (Lipinski definition) is 0. The number of rotatable bonds is 3. The minimum Gasteiger partial charge on any atom is -0.291 e. The molecule has 0 fully saturated rings. The Morgan fingerprint density at radius 1 is 1.30 bits per heavy atom. The highest BCUT2D eigenvalue weighted by Crippen LogP contribution is 2.31. The van der Waals surface area contributed by atoms with E-state index in [4.69, 9.17) is 11.6 Å². The summed E-state index contributed by atoms with van der Waals surface area (Å²) in [4.78, 5) is 20.5. The number of alkyl halides is 1. The molecule has 0 spiro atoms. The third-order valence-electron chi connectivity index (χ3n) is 2.99. The monoisotopic (exact) mass is 302 g/mol. The van der Waals surface area contributed by atoms with Gasteiger partial charge in [0.1, 0.15) is 10.7 Å². The molecule has 5 heteroatoms. The summed E-state index contributed by atoms with van der Waals surface area (Å²) in [5.74, 6) is -0.191.